The third-order valence-electron chi connectivity index (χ3n) is 7.42. The van der Waals surface area contributed by atoms with Gasteiger partial charge in [0.1, 0.15) is 17.8 Å². The van der Waals surface area contributed by atoms with Gasteiger partial charge < -0.3 is 19.7 Å². The highest BCUT2D eigenvalue weighted by molar-refractivity contribution is 5.74. The van der Waals surface area contributed by atoms with Gasteiger partial charge in [-0.2, -0.15) is 39.5 Å². The maximum absolute atomic E-state index is 13.3. The van der Waals surface area contributed by atoms with Crippen molar-refractivity contribution in [1.82, 2.24) is 0 Å². The van der Waals surface area contributed by atoms with Gasteiger partial charge in [-0.3, -0.25) is 4.79 Å². The van der Waals surface area contributed by atoms with Gasteiger partial charge in [0.05, 0.1) is 22.8 Å². The van der Waals surface area contributed by atoms with Gasteiger partial charge >= 0.3 is 24.5 Å². The third-order valence-corrected chi connectivity index (χ3v) is 7.42. The topological polar surface area (TPSA) is 76.0 Å². The minimum Gasteiger partial charge on any atom is -0.481 e. The van der Waals surface area contributed by atoms with Crippen LogP contribution in [0.3, 0.4) is 0 Å². The summed E-state index contributed by atoms with van der Waals surface area (Å²) in [5, 5.41) is 21.5. The maximum atomic E-state index is 13.3. The summed E-state index contributed by atoms with van der Waals surface area (Å²) >= 11 is 0. The lowest BCUT2D eigenvalue weighted by Crippen LogP contribution is -2.32. The molecule has 14 heteroatoms. The van der Waals surface area contributed by atoms with Crippen molar-refractivity contribution in [3.63, 3.8) is 0 Å². The van der Waals surface area contributed by atoms with Crippen LogP contribution in [0.4, 0.5) is 39.5 Å². The highest BCUT2D eigenvalue weighted by atomic mass is 19.4. The Balaban J connectivity index is 1.87. The summed E-state index contributed by atoms with van der Waals surface area (Å²) in [5.74, 6) is -3.99. The molecule has 1 heterocycles. The number of carboxylic acids is 1. The van der Waals surface area contributed by atoms with Gasteiger partial charge in [-0.15, -0.1) is 0 Å². The van der Waals surface area contributed by atoms with Gasteiger partial charge in [0.25, 0.3) is 0 Å². The van der Waals surface area contributed by atoms with E-state index in [-0.39, 0.29) is 34.4 Å². The normalized spacial score (nSPS) is 19.0. The Morgan fingerprint density at radius 2 is 1.17 bits per heavy atom. The van der Waals surface area contributed by atoms with Crippen LogP contribution in [0, 0.1) is 5.92 Å². The number of hydrogen-bond acceptors (Lipinski definition) is 4. The van der Waals surface area contributed by atoms with Gasteiger partial charge in [0, 0.05) is 11.1 Å². The summed E-state index contributed by atoms with van der Waals surface area (Å²) in [6.45, 7) is 1.80. The van der Waals surface area contributed by atoms with Gasteiger partial charge in [-0.05, 0) is 60.4 Å². The zero-order valence-corrected chi connectivity index (χ0v) is 23.9. The molecule has 46 heavy (non-hydrogen) atoms. The lowest BCUT2D eigenvalue weighted by Gasteiger charge is -2.38. The fraction of sp³-hybridized carbons (Fsp3) is 0.344. The fourth-order valence-corrected chi connectivity index (χ4v) is 5.00. The van der Waals surface area contributed by atoms with Crippen molar-refractivity contribution in [2.45, 2.75) is 63.2 Å². The molecule has 0 aliphatic carbocycles. The number of ether oxygens (including phenoxy) is 2. The summed E-state index contributed by atoms with van der Waals surface area (Å²) in [7, 11) is 0. The number of aliphatic hydroxyl groups excluding tert-OH is 1. The van der Waals surface area contributed by atoms with Crippen molar-refractivity contribution in [3.8, 4) is 0 Å². The molecular weight excluding hydrogens is 635 g/mol. The Morgan fingerprint density at radius 3 is 1.59 bits per heavy atom. The summed E-state index contributed by atoms with van der Waals surface area (Å²) in [6, 6.07) is 10.4. The molecule has 3 aromatic rings. The molecule has 4 atom stereocenters. The molecule has 0 aromatic heterocycles. The van der Waals surface area contributed by atoms with Crippen LogP contribution in [0.1, 0.15) is 78.1 Å². The Labute approximate surface area is 256 Å². The van der Waals surface area contributed by atoms with Crippen LogP contribution in [-0.4, -0.2) is 16.2 Å². The molecule has 248 valence electrons. The van der Waals surface area contributed by atoms with Crippen molar-refractivity contribution in [2.75, 3.05) is 0 Å². The van der Waals surface area contributed by atoms with E-state index in [1.807, 2.05) is 0 Å². The van der Waals surface area contributed by atoms with E-state index in [2.05, 4.69) is 0 Å². The van der Waals surface area contributed by atoms with Crippen LogP contribution < -0.4 is 0 Å². The molecule has 5 nitrogen and oxygen atoms in total. The van der Waals surface area contributed by atoms with Gasteiger partial charge in [-0.1, -0.05) is 49.7 Å². The molecule has 0 radical (unpaired) electrons. The van der Waals surface area contributed by atoms with Crippen LogP contribution >= 0.6 is 0 Å². The minimum absolute atomic E-state index is 0.00916. The zero-order valence-electron chi connectivity index (χ0n) is 23.9. The first-order valence-electron chi connectivity index (χ1n) is 13.9. The second-order valence-corrected chi connectivity index (χ2v) is 10.6. The number of unbranched alkanes of at least 4 members (excludes halogenated alkanes) is 1. The molecule has 1 aliphatic rings. The van der Waals surface area contributed by atoms with Crippen molar-refractivity contribution >= 4 is 5.97 Å². The monoisotopic (exact) mass is 662 g/mol. The van der Waals surface area contributed by atoms with Gasteiger partial charge in [-0.25, -0.2) is 0 Å². The van der Waals surface area contributed by atoms with Crippen LogP contribution in [0.15, 0.2) is 84.1 Å². The summed E-state index contributed by atoms with van der Waals surface area (Å²) in [5.41, 5.74) is -3.01. The number of carboxylic acid groups (broad SMARTS) is 1. The lowest BCUT2D eigenvalue weighted by atomic mass is 9.86. The van der Waals surface area contributed by atoms with Crippen molar-refractivity contribution < 1.29 is 64.0 Å². The highest BCUT2D eigenvalue weighted by Gasteiger charge is 2.43. The molecule has 1 aliphatic heterocycles. The minimum atomic E-state index is -4.71. The number of aliphatic carboxylic acids is 1. The molecular formula is C32H27F9O5. The maximum Gasteiger partial charge on any atom is 0.416 e. The molecule has 0 unspecified atom stereocenters. The predicted molar refractivity (Wildman–Crippen MR) is 145 cm³/mol. The van der Waals surface area contributed by atoms with E-state index in [9.17, 15) is 54.5 Å². The standard InChI is InChI=1S/C32H27F9O5/c1-2-3-4-23-26(18-7-13-21(14-8-18)31(36,37)38)45-29(19-9-15-22(16-10-19)32(39,40)41)46-27(23)24(28(43)44)25(42)17-5-11-20(12-6-17)30(33,34)35/h5-16,24-26,29,42H,2-4H2,1H3,(H,43,44)/t24-,25+,26+,29+/m0/s1. The number of alkyl halides is 9. The van der Waals surface area contributed by atoms with Crippen LogP contribution in [0.5, 0.6) is 0 Å². The van der Waals surface area contributed by atoms with Crippen molar-refractivity contribution in [3.05, 3.63) is 118 Å². The molecule has 0 amide bonds. The number of benzene rings is 3. The van der Waals surface area contributed by atoms with E-state index in [0.29, 0.717) is 25.0 Å². The van der Waals surface area contributed by atoms with E-state index in [0.717, 1.165) is 60.7 Å². The Kier molecular flexibility index (Phi) is 10.1. The zero-order chi connectivity index (χ0) is 34.0. The first kappa shape index (κ1) is 34.8. The van der Waals surface area contributed by atoms with E-state index in [1.54, 1.807) is 6.92 Å². The molecule has 4 rings (SSSR count). The molecule has 0 bridgehead atoms. The smallest absolute Gasteiger partial charge is 0.416 e. The fourth-order valence-electron chi connectivity index (χ4n) is 5.00. The van der Waals surface area contributed by atoms with Gasteiger partial charge in [0.15, 0.2) is 0 Å². The second kappa shape index (κ2) is 13.4. The average Bonchev–Trinajstić information content (AvgIpc) is 2.99. The Bertz CT molecular complexity index is 1530. The molecule has 3 aromatic carbocycles. The van der Waals surface area contributed by atoms with E-state index < -0.39 is 65.6 Å². The number of halogens is 9. The largest absolute Gasteiger partial charge is 0.481 e. The first-order valence-corrected chi connectivity index (χ1v) is 13.9. The van der Waals surface area contributed by atoms with Crippen molar-refractivity contribution in [2.24, 2.45) is 5.92 Å². The van der Waals surface area contributed by atoms with E-state index >= 15 is 0 Å². The first-order chi connectivity index (χ1) is 21.4. The Hall–Kier alpha value is -4.04. The third kappa shape index (κ3) is 7.84. The predicted octanol–water partition coefficient (Wildman–Crippen LogP) is 9.41. The average molecular weight is 663 g/mol. The second-order valence-electron chi connectivity index (χ2n) is 10.6. The lowest BCUT2D eigenvalue weighted by molar-refractivity contribution is -0.183. The molecule has 0 saturated heterocycles. The number of carbonyl (C=O) groups is 1. The molecule has 0 spiro atoms. The number of rotatable bonds is 9. The molecule has 0 saturated carbocycles. The van der Waals surface area contributed by atoms with Crippen molar-refractivity contribution in [1.29, 1.82) is 0 Å². The van der Waals surface area contributed by atoms with Crippen LogP contribution in [-0.2, 0) is 32.8 Å². The highest BCUT2D eigenvalue weighted by Crippen LogP contribution is 2.48. The van der Waals surface area contributed by atoms with Crippen LogP contribution in [0.2, 0.25) is 0 Å². The summed E-state index contributed by atoms with van der Waals surface area (Å²) < 4.78 is 131. The summed E-state index contributed by atoms with van der Waals surface area (Å²) in [6.07, 6.45) is -17.9. The molecule has 0 fully saturated rings. The SMILES string of the molecule is CCCCC1=C([C@@H](C(=O)O)[C@H](O)c2ccc(C(F)(F)F)cc2)O[C@H](c2ccc(C(F)(F)F)cc2)O[C@@H]1c1ccc(C(F)(F)F)cc1. The molecule has 2 N–H and O–H groups in total. The quantitative estimate of drug-likeness (QED) is 0.223. The van der Waals surface area contributed by atoms with Gasteiger partial charge in [0.2, 0.25) is 6.29 Å². The van der Waals surface area contributed by atoms with E-state index in [1.165, 1.54) is 0 Å². The number of hydrogen-bond donors (Lipinski definition) is 2. The Morgan fingerprint density at radius 1 is 0.739 bits per heavy atom. The van der Waals surface area contributed by atoms with E-state index in [4.69, 9.17) is 9.47 Å². The number of aliphatic hydroxyl groups is 1. The van der Waals surface area contributed by atoms with Crippen LogP contribution in [0.25, 0.3) is 0 Å². The summed E-state index contributed by atoms with van der Waals surface area (Å²) in [4.78, 5) is 12.7.